The molecule has 184 valence electrons. The first kappa shape index (κ1) is 26.2. The molecule has 2 aromatic rings. The molecule has 9 heteroatoms. The van der Waals surface area contributed by atoms with Crippen LogP contribution in [0.2, 0.25) is 0 Å². The van der Waals surface area contributed by atoms with Crippen molar-refractivity contribution in [3.8, 4) is 0 Å². The van der Waals surface area contributed by atoms with E-state index in [0.29, 0.717) is 31.2 Å². The van der Waals surface area contributed by atoms with Crippen LogP contribution < -0.4 is 5.73 Å². The summed E-state index contributed by atoms with van der Waals surface area (Å²) >= 11 is 1.45. The summed E-state index contributed by atoms with van der Waals surface area (Å²) in [6.45, 7) is 4.65. The van der Waals surface area contributed by atoms with Crippen molar-refractivity contribution in [1.82, 2.24) is 9.80 Å². The number of aryl methyl sites for hydroxylation is 2. The lowest BCUT2D eigenvalue weighted by Crippen LogP contribution is -2.43. The number of aromatic carboxylic acids is 1. The van der Waals surface area contributed by atoms with Gasteiger partial charge in [0.25, 0.3) is 0 Å². The fourth-order valence-electron chi connectivity index (χ4n) is 4.61. The molecule has 7 nitrogen and oxygen atoms in total. The molecule has 0 unspecified atom stereocenters. The molecule has 3 heterocycles. The van der Waals surface area contributed by atoms with Crippen molar-refractivity contribution in [3.05, 3.63) is 62.3 Å². The Balaban J connectivity index is 0.000000275. The van der Waals surface area contributed by atoms with Crippen molar-refractivity contribution in [2.75, 3.05) is 46.4 Å². The molecule has 2 fully saturated rings. The van der Waals surface area contributed by atoms with Gasteiger partial charge in [-0.25, -0.2) is 9.59 Å². The summed E-state index contributed by atoms with van der Waals surface area (Å²) in [4.78, 5) is 27.5. The van der Waals surface area contributed by atoms with Gasteiger partial charge >= 0.3 is 12.0 Å². The van der Waals surface area contributed by atoms with E-state index in [1.807, 2.05) is 6.07 Å². The van der Waals surface area contributed by atoms with Gasteiger partial charge in [0.15, 0.2) is 0 Å². The van der Waals surface area contributed by atoms with E-state index in [-0.39, 0.29) is 18.4 Å². The van der Waals surface area contributed by atoms with E-state index in [1.54, 1.807) is 4.90 Å². The van der Waals surface area contributed by atoms with Gasteiger partial charge in [-0.1, -0.05) is 29.8 Å². The van der Waals surface area contributed by atoms with E-state index in [1.165, 1.54) is 44.1 Å². The highest BCUT2D eigenvalue weighted by Gasteiger charge is 2.26. The first-order valence-electron chi connectivity index (χ1n) is 11.4. The monoisotopic (exact) mass is 505 g/mol. The number of piperidine rings is 1. The van der Waals surface area contributed by atoms with E-state index in [2.05, 4.69) is 36.2 Å². The van der Waals surface area contributed by atoms with Crippen LogP contribution in [0.1, 0.15) is 44.1 Å². The van der Waals surface area contributed by atoms with Gasteiger partial charge < -0.3 is 25.4 Å². The van der Waals surface area contributed by atoms with Crippen molar-refractivity contribution >= 4 is 41.3 Å². The highest BCUT2D eigenvalue weighted by Crippen LogP contribution is 2.41. The van der Waals surface area contributed by atoms with Gasteiger partial charge in [-0.05, 0) is 61.1 Å². The Hall–Kier alpha value is -2.39. The minimum absolute atomic E-state index is 0. The Labute approximate surface area is 210 Å². The number of hydrogen-bond acceptors (Lipinski definition) is 5. The van der Waals surface area contributed by atoms with E-state index >= 15 is 0 Å². The molecule has 0 radical (unpaired) electrons. The normalized spacial score (nSPS) is 18.0. The van der Waals surface area contributed by atoms with E-state index < -0.39 is 5.97 Å². The van der Waals surface area contributed by atoms with Crippen LogP contribution in [0.5, 0.6) is 0 Å². The first-order valence-corrected chi connectivity index (χ1v) is 12.2. The fourth-order valence-corrected chi connectivity index (χ4v) is 5.61. The van der Waals surface area contributed by atoms with Crippen molar-refractivity contribution < 1.29 is 19.4 Å². The number of nitrogens with zero attached hydrogens (tertiary/aromatic N) is 2. The van der Waals surface area contributed by atoms with Crippen LogP contribution in [0.15, 0.2) is 35.9 Å². The molecule has 0 bridgehead atoms. The summed E-state index contributed by atoms with van der Waals surface area (Å²) in [7, 11) is 2.17. The van der Waals surface area contributed by atoms with Gasteiger partial charge in [-0.3, -0.25) is 0 Å². The number of halogens is 1. The number of morpholine rings is 1. The first-order chi connectivity index (χ1) is 15.9. The Bertz CT molecular complexity index is 1050. The number of carbonyl (C=O) groups is 2. The maximum Gasteiger partial charge on any atom is 0.345 e. The quantitative estimate of drug-likeness (QED) is 0.613. The van der Waals surface area contributed by atoms with E-state index in [4.69, 9.17) is 10.5 Å². The molecule has 2 amide bonds. The lowest BCUT2D eigenvalue weighted by atomic mass is 9.87. The second kappa shape index (κ2) is 11.8. The maximum absolute atomic E-state index is 11.5. The van der Waals surface area contributed by atoms with Crippen molar-refractivity contribution in [3.63, 3.8) is 0 Å². The number of benzene rings is 1. The molecule has 3 aliphatic rings. The summed E-state index contributed by atoms with van der Waals surface area (Å²) < 4.78 is 5.00. The number of ether oxygens (including phenoxy) is 1. The van der Waals surface area contributed by atoms with Crippen molar-refractivity contribution in [2.24, 2.45) is 5.73 Å². The zero-order chi connectivity index (χ0) is 23.4. The molecule has 3 N–H and O–H groups in total. The summed E-state index contributed by atoms with van der Waals surface area (Å²) in [5.74, 6) is -0.811. The molecule has 1 aliphatic carbocycles. The predicted molar refractivity (Wildman–Crippen MR) is 137 cm³/mol. The third-order valence-corrected chi connectivity index (χ3v) is 7.65. The molecule has 2 aliphatic heterocycles. The minimum atomic E-state index is -0.811. The van der Waals surface area contributed by atoms with Crippen LogP contribution in [0, 0.1) is 0 Å². The number of carbonyl (C=O) groups excluding carboxylic acids is 1. The number of urea groups is 1. The molecule has 1 aromatic carbocycles. The standard InChI is InChI=1S/C20H21NO2S.C5H10N2O2.ClH/c1-21-10-8-14(9-11-21)19-15-5-3-2-4-13(15)6-7-17-16(19)12-18(24-17)20(22)23;6-5(8)7-1-3-9-4-2-7;/h2-5,12H,6-11H2,1H3,(H,22,23);1-4H2,(H2,6,8);1H. The number of nitrogens with two attached hydrogens (primary N) is 1. The summed E-state index contributed by atoms with van der Waals surface area (Å²) in [6.07, 6.45) is 4.05. The number of hydrogen-bond donors (Lipinski definition) is 2. The van der Waals surface area contributed by atoms with Crippen LogP contribution in [-0.2, 0) is 17.6 Å². The number of thiophene rings is 1. The van der Waals surface area contributed by atoms with E-state index in [9.17, 15) is 14.7 Å². The van der Waals surface area contributed by atoms with Crippen molar-refractivity contribution in [1.29, 1.82) is 0 Å². The van der Waals surface area contributed by atoms with Gasteiger partial charge in [0.1, 0.15) is 4.88 Å². The Kier molecular flexibility index (Phi) is 9.13. The molecule has 34 heavy (non-hydrogen) atoms. The lowest BCUT2D eigenvalue weighted by molar-refractivity contribution is 0.0554. The Morgan fingerprint density at radius 3 is 2.29 bits per heavy atom. The SMILES string of the molecule is CN1CCC(=C2c3ccccc3CCc3sc(C(=O)O)cc32)CC1.Cl.NC(=O)N1CCOCC1. The zero-order valence-corrected chi connectivity index (χ0v) is 21.1. The third-order valence-electron chi connectivity index (χ3n) is 6.46. The van der Waals surface area contributed by atoms with Crippen LogP contribution in [-0.4, -0.2) is 73.3 Å². The lowest BCUT2D eigenvalue weighted by Gasteiger charge is -2.27. The average molecular weight is 506 g/mol. The van der Waals surface area contributed by atoms with Crippen LogP contribution in [0.4, 0.5) is 4.79 Å². The maximum atomic E-state index is 11.5. The topological polar surface area (TPSA) is 96.1 Å². The molecular formula is C25H32ClN3O4S. The summed E-state index contributed by atoms with van der Waals surface area (Å²) in [5, 5.41) is 9.42. The van der Waals surface area contributed by atoms with Crippen LogP contribution in [0.3, 0.4) is 0 Å². The number of amides is 2. The molecule has 2 saturated heterocycles. The number of fused-ring (bicyclic) bond motifs is 2. The Morgan fingerprint density at radius 1 is 1.00 bits per heavy atom. The summed E-state index contributed by atoms with van der Waals surface area (Å²) in [5.41, 5.74) is 11.7. The van der Waals surface area contributed by atoms with Crippen LogP contribution >= 0.6 is 23.7 Å². The van der Waals surface area contributed by atoms with Crippen molar-refractivity contribution in [2.45, 2.75) is 25.7 Å². The highest BCUT2D eigenvalue weighted by molar-refractivity contribution is 7.14. The smallest absolute Gasteiger partial charge is 0.345 e. The second-order valence-corrected chi connectivity index (χ2v) is 9.77. The summed E-state index contributed by atoms with van der Waals surface area (Å²) in [6, 6.07) is 10.2. The number of carboxylic acid groups (broad SMARTS) is 1. The minimum Gasteiger partial charge on any atom is -0.477 e. The number of rotatable bonds is 1. The largest absolute Gasteiger partial charge is 0.477 e. The van der Waals surface area contributed by atoms with Gasteiger partial charge in [-0.2, -0.15) is 0 Å². The average Bonchev–Trinajstić information content (AvgIpc) is 3.18. The molecule has 0 spiro atoms. The molecule has 5 rings (SSSR count). The number of carboxylic acids is 1. The molecule has 0 saturated carbocycles. The highest BCUT2D eigenvalue weighted by atomic mass is 35.5. The van der Waals surface area contributed by atoms with Gasteiger partial charge in [-0.15, -0.1) is 23.7 Å². The van der Waals surface area contributed by atoms with Gasteiger partial charge in [0.2, 0.25) is 0 Å². The number of primary amides is 1. The molecule has 0 atom stereocenters. The molecular weight excluding hydrogens is 474 g/mol. The fraction of sp³-hybridized carbons (Fsp3) is 0.440. The van der Waals surface area contributed by atoms with E-state index in [0.717, 1.165) is 38.8 Å². The molecule has 1 aromatic heterocycles. The third kappa shape index (κ3) is 5.99. The Morgan fingerprint density at radius 2 is 1.68 bits per heavy atom. The number of likely N-dealkylation sites (tertiary alicyclic amines) is 1. The predicted octanol–water partition coefficient (Wildman–Crippen LogP) is 3.89. The second-order valence-electron chi connectivity index (χ2n) is 8.63. The van der Waals surface area contributed by atoms with Crippen LogP contribution in [0.25, 0.3) is 5.57 Å². The van der Waals surface area contributed by atoms with Gasteiger partial charge in [0, 0.05) is 31.1 Å². The van der Waals surface area contributed by atoms with Gasteiger partial charge in [0.05, 0.1) is 13.2 Å². The zero-order valence-electron chi connectivity index (χ0n) is 19.4.